The summed E-state index contributed by atoms with van der Waals surface area (Å²) in [4.78, 5) is 9.05. The summed E-state index contributed by atoms with van der Waals surface area (Å²) in [5, 5.41) is 6.74. The number of hydrogen-bond donors (Lipinski definition) is 2. The van der Waals surface area contributed by atoms with E-state index < -0.39 is 0 Å². The molecule has 0 aliphatic carbocycles. The van der Waals surface area contributed by atoms with Crippen molar-refractivity contribution in [1.82, 2.24) is 9.97 Å². The molecule has 0 unspecified atom stereocenters. The van der Waals surface area contributed by atoms with Crippen LogP contribution in [0.15, 0.2) is 66.7 Å². The van der Waals surface area contributed by atoms with Crippen molar-refractivity contribution in [3.63, 3.8) is 0 Å². The molecule has 0 saturated carbocycles. The van der Waals surface area contributed by atoms with Gasteiger partial charge in [-0.2, -0.15) is 4.98 Å². The molecule has 0 radical (unpaired) electrons. The Hall–Kier alpha value is -2.88. The van der Waals surface area contributed by atoms with Crippen LogP contribution in [0.5, 0.6) is 0 Å². The highest BCUT2D eigenvalue weighted by Gasteiger charge is 2.02. The van der Waals surface area contributed by atoms with E-state index in [1.807, 2.05) is 19.1 Å². The number of aromatic nitrogens is 2. The van der Waals surface area contributed by atoms with Gasteiger partial charge in [0.15, 0.2) is 0 Å². The number of benzene rings is 2. The molecule has 134 valence electrons. The molecule has 0 spiro atoms. The highest BCUT2D eigenvalue weighted by molar-refractivity contribution is 5.42. The zero-order chi connectivity index (χ0) is 18.0. The van der Waals surface area contributed by atoms with Crippen LogP contribution in [0.4, 0.5) is 11.8 Å². The molecule has 0 aliphatic heterocycles. The molecule has 1 heterocycles. The minimum Gasteiger partial charge on any atom is -0.370 e. The van der Waals surface area contributed by atoms with Gasteiger partial charge >= 0.3 is 0 Å². The molecule has 0 amide bonds. The Morgan fingerprint density at radius 3 is 2.08 bits per heavy atom. The highest BCUT2D eigenvalue weighted by atomic mass is 15.1. The van der Waals surface area contributed by atoms with E-state index in [1.54, 1.807) is 0 Å². The van der Waals surface area contributed by atoms with E-state index in [2.05, 4.69) is 75.2 Å². The zero-order valence-corrected chi connectivity index (χ0v) is 15.3. The van der Waals surface area contributed by atoms with E-state index in [0.717, 1.165) is 43.9 Å². The van der Waals surface area contributed by atoms with Gasteiger partial charge in [-0.05, 0) is 37.3 Å². The maximum atomic E-state index is 4.58. The predicted molar refractivity (Wildman–Crippen MR) is 109 cm³/mol. The molecule has 0 atom stereocenters. The Labute approximate surface area is 155 Å². The molecule has 0 saturated heterocycles. The van der Waals surface area contributed by atoms with E-state index >= 15 is 0 Å². The minimum atomic E-state index is 0.687. The van der Waals surface area contributed by atoms with E-state index in [0.29, 0.717) is 5.95 Å². The zero-order valence-electron chi connectivity index (χ0n) is 15.3. The van der Waals surface area contributed by atoms with Crippen LogP contribution in [0, 0.1) is 6.92 Å². The van der Waals surface area contributed by atoms with Crippen molar-refractivity contribution in [1.29, 1.82) is 0 Å². The monoisotopic (exact) mass is 346 g/mol. The molecule has 2 aromatic carbocycles. The number of nitrogens with zero attached hydrogens (tertiary/aromatic N) is 2. The number of aryl methyl sites for hydroxylation is 2. The lowest BCUT2D eigenvalue weighted by Crippen LogP contribution is -2.11. The van der Waals surface area contributed by atoms with Gasteiger partial charge in [0.2, 0.25) is 5.95 Å². The van der Waals surface area contributed by atoms with Crippen molar-refractivity contribution in [3.05, 3.63) is 83.6 Å². The van der Waals surface area contributed by atoms with Crippen LogP contribution in [-0.2, 0) is 12.8 Å². The molecular formula is C22H26N4. The summed E-state index contributed by atoms with van der Waals surface area (Å²) < 4.78 is 0. The molecule has 3 rings (SSSR count). The maximum Gasteiger partial charge on any atom is 0.224 e. The highest BCUT2D eigenvalue weighted by Crippen LogP contribution is 2.11. The van der Waals surface area contributed by atoms with E-state index in [-0.39, 0.29) is 0 Å². The van der Waals surface area contributed by atoms with Crippen LogP contribution in [0.2, 0.25) is 0 Å². The van der Waals surface area contributed by atoms with Crippen molar-refractivity contribution >= 4 is 11.8 Å². The molecule has 4 heteroatoms. The molecule has 3 aromatic rings. The normalized spacial score (nSPS) is 10.5. The molecule has 1 aromatic heterocycles. The smallest absolute Gasteiger partial charge is 0.224 e. The van der Waals surface area contributed by atoms with Crippen molar-refractivity contribution in [2.75, 3.05) is 23.7 Å². The Balaban J connectivity index is 1.46. The second-order valence-corrected chi connectivity index (χ2v) is 6.40. The van der Waals surface area contributed by atoms with Gasteiger partial charge in [0.25, 0.3) is 0 Å². The summed E-state index contributed by atoms with van der Waals surface area (Å²) in [5.74, 6) is 1.57. The summed E-state index contributed by atoms with van der Waals surface area (Å²) in [6.07, 6.45) is 3.10. The number of anilines is 2. The molecule has 0 aliphatic rings. The van der Waals surface area contributed by atoms with Gasteiger partial charge in [0.05, 0.1) is 0 Å². The fourth-order valence-corrected chi connectivity index (χ4v) is 2.86. The molecule has 2 N–H and O–H groups in total. The predicted octanol–water partition coefficient (Wildman–Crippen LogP) is 4.48. The first-order valence-corrected chi connectivity index (χ1v) is 9.21. The Morgan fingerprint density at radius 1 is 0.731 bits per heavy atom. The molecule has 0 bridgehead atoms. The molecule has 26 heavy (non-hydrogen) atoms. The summed E-state index contributed by atoms with van der Waals surface area (Å²) in [5.41, 5.74) is 3.65. The van der Waals surface area contributed by atoms with Crippen LogP contribution in [0.1, 0.15) is 23.2 Å². The van der Waals surface area contributed by atoms with E-state index in [4.69, 9.17) is 0 Å². The van der Waals surface area contributed by atoms with Crippen LogP contribution < -0.4 is 10.6 Å². The Kier molecular flexibility index (Phi) is 6.59. The van der Waals surface area contributed by atoms with Gasteiger partial charge in [-0.1, -0.05) is 60.7 Å². The Bertz CT molecular complexity index is 788. The first-order chi connectivity index (χ1) is 12.8. The second kappa shape index (κ2) is 9.56. The largest absolute Gasteiger partial charge is 0.370 e. The fourth-order valence-electron chi connectivity index (χ4n) is 2.86. The van der Waals surface area contributed by atoms with Crippen LogP contribution >= 0.6 is 0 Å². The second-order valence-electron chi connectivity index (χ2n) is 6.40. The lowest BCUT2D eigenvalue weighted by molar-refractivity contribution is 0.856. The van der Waals surface area contributed by atoms with Gasteiger partial charge in [0.1, 0.15) is 5.82 Å². The minimum absolute atomic E-state index is 0.687. The number of rotatable bonds is 9. The first-order valence-electron chi connectivity index (χ1n) is 9.21. The van der Waals surface area contributed by atoms with Gasteiger partial charge in [-0.15, -0.1) is 0 Å². The van der Waals surface area contributed by atoms with E-state index in [1.165, 1.54) is 11.1 Å². The standard InChI is InChI=1S/C22H26N4/c1-18-17-21(23-15-8-13-19-9-4-2-5-10-19)26-22(25-18)24-16-14-20-11-6-3-7-12-20/h2-7,9-12,17H,8,13-16H2,1H3,(H2,23,24,25,26). The lowest BCUT2D eigenvalue weighted by Gasteiger charge is -2.10. The molecule has 0 fully saturated rings. The number of hydrogen-bond acceptors (Lipinski definition) is 4. The number of nitrogens with one attached hydrogen (secondary N) is 2. The average molecular weight is 346 g/mol. The van der Waals surface area contributed by atoms with Gasteiger partial charge in [-0.3, -0.25) is 0 Å². The van der Waals surface area contributed by atoms with Gasteiger partial charge < -0.3 is 10.6 Å². The summed E-state index contributed by atoms with van der Waals surface area (Å²) >= 11 is 0. The summed E-state index contributed by atoms with van der Waals surface area (Å²) in [7, 11) is 0. The van der Waals surface area contributed by atoms with Gasteiger partial charge in [-0.25, -0.2) is 4.98 Å². The maximum absolute atomic E-state index is 4.58. The first kappa shape index (κ1) is 17.9. The average Bonchev–Trinajstić information content (AvgIpc) is 2.67. The summed E-state index contributed by atoms with van der Waals surface area (Å²) in [6, 6.07) is 23.0. The van der Waals surface area contributed by atoms with Crippen LogP contribution in [-0.4, -0.2) is 23.1 Å². The third-order valence-corrected chi connectivity index (χ3v) is 4.18. The van der Waals surface area contributed by atoms with Crippen molar-refractivity contribution in [2.24, 2.45) is 0 Å². The molecular weight excluding hydrogens is 320 g/mol. The van der Waals surface area contributed by atoms with Crippen LogP contribution in [0.25, 0.3) is 0 Å². The summed E-state index contributed by atoms with van der Waals surface area (Å²) in [6.45, 7) is 3.72. The topological polar surface area (TPSA) is 49.8 Å². The van der Waals surface area contributed by atoms with Crippen LogP contribution in [0.3, 0.4) is 0 Å². The Morgan fingerprint density at radius 2 is 1.38 bits per heavy atom. The fraction of sp³-hybridized carbons (Fsp3) is 0.273. The SMILES string of the molecule is Cc1cc(NCCCc2ccccc2)nc(NCCc2ccccc2)n1. The van der Waals surface area contributed by atoms with Gasteiger partial charge in [0, 0.05) is 24.8 Å². The third-order valence-electron chi connectivity index (χ3n) is 4.18. The van der Waals surface area contributed by atoms with E-state index in [9.17, 15) is 0 Å². The van der Waals surface area contributed by atoms with Crippen molar-refractivity contribution in [3.8, 4) is 0 Å². The third kappa shape index (κ3) is 5.88. The lowest BCUT2D eigenvalue weighted by atomic mass is 10.1. The van der Waals surface area contributed by atoms with Crippen molar-refractivity contribution < 1.29 is 0 Å². The van der Waals surface area contributed by atoms with Crippen molar-refractivity contribution in [2.45, 2.75) is 26.2 Å². The quantitative estimate of drug-likeness (QED) is 0.561. The molecule has 4 nitrogen and oxygen atoms in total.